The molecule has 0 aliphatic carbocycles. The maximum Gasteiger partial charge on any atom is 0.0516 e. The van der Waals surface area contributed by atoms with Crippen LogP contribution in [0.2, 0.25) is 0 Å². The molecule has 2 aliphatic rings. The highest BCUT2D eigenvalue weighted by molar-refractivity contribution is 4.74. The van der Waals surface area contributed by atoms with Crippen LogP contribution < -0.4 is 5.73 Å². The molecule has 0 spiro atoms. The van der Waals surface area contributed by atoms with E-state index in [0.717, 1.165) is 19.1 Å². The first-order chi connectivity index (χ1) is 6.84. The van der Waals surface area contributed by atoms with Crippen molar-refractivity contribution in [1.82, 2.24) is 4.90 Å². The standard InChI is InChI=1S/C11H22N2O/c12-11-2-1-5-13(7-4-11)6-3-10-8-14-9-10/h10-11H,1-9,12H2. The third-order valence-electron chi connectivity index (χ3n) is 3.43. The molecule has 0 saturated carbocycles. The van der Waals surface area contributed by atoms with Gasteiger partial charge in [-0.3, -0.25) is 0 Å². The molecule has 2 aliphatic heterocycles. The summed E-state index contributed by atoms with van der Waals surface area (Å²) in [6.07, 6.45) is 4.99. The van der Waals surface area contributed by atoms with Gasteiger partial charge >= 0.3 is 0 Å². The van der Waals surface area contributed by atoms with Crippen molar-refractivity contribution < 1.29 is 4.74 Å². The quantitative estimate of drug-likeness (QED) is 0.730. The van der Waals surface area contributed by atoms with Crippen molar-refractivity contribution in [2.45, 2.75) is 31.7 Å². The van der Waals surface area contributed by atoms with Gasteiger partial charge in [-0.05, 0) is 45.3 Å². The molecule has 14 heavy (non-hydrogen) atoms. The first kappa shape index (κ1) is 10.4. The predicted octanol–water partition coefficient (Wildman–Crippen LogP) is 0.836. The normalized spacial score (nSPS) is 31.1. The Morgan fingerprint density at radius 1 is 1.21 bits per heavy atom. The van der Waals surface area contributed by atoms with E-state index in [9.17, 15) is 0 Å². The first-order valence-electron chi connectivity index (χ1n) is 5.90. The molecule has 3 heteroatoms. The first-order valence-corrected chi connectivity index (χ1v) is 5.90. The lowest BCUT2D eigenvalue weighted by Crippen LogP contribution is -2.34. The number of likely N-dealkylation sites (tertiary alicyclic amines) is 1. The summed E-state index contributed by atoms with van der Waals surface area (Å²) >= 11 is 0. The van der Waals surface area contributed by atoms with Crippen molar-refractivity contribution in [3.05, 3.63) is 0 Å². The smallest absolute Gasteiger partial charge is 0.0516 e. The molecular weight excluding hydrogens is 176 g/mol. The molecule has 0 aromatic rings. The van der Waals surface area contributed by atoms with Crippen LogP contribution in [-0.2, 0) is 4.74 Å². The molecule has 0 aromatic carbocycles. The van der Waals surface area contributed by atoms with Crippen LogP contribution in [-0.4, -0.2) is 43.8 Å². The molecule has 3 nitrogen and oxygen atoms in total. The molecule has 1 unspecified atom stereocenters. The molecular formula is C11H22N2O. The molecule has 2 fully saturated rings. The fraction of sp³-hybridized carbons (Fsp3) is 1.00. The Balaban J connectivity index is 1.63. The lowest BCUT2D eigenvalue weighted by molar-refractivity contribution is -0.0388. The van der Waals surface area contributed by atoms with E-state index in [4.69, 9.17) is 10.5 Å². The highest BCUT2D eigenvalue weighted by Crippen LogP contribution is 2.16. The second-order valence-electron chi connectivity index (χ2n) is 4.72. The summed E-state index contributed by atoms with van der Waals surface area (Å²) in [4.78, 5) is 2.57. The molecule has 1 atom stereocenters. The zero-order valence-corrected chi connectivity index (χ0v) is 8.95. The van der Waals surface area contributed by atoms with E-state index < -0.39 is 0 Å². The monoisotopic (exact) mass is 198 g/mol. The summed E-state index contributed by atoms with van der Waals surface area (Å²) < 4.78 is 5.18. The highest BCUT2D eigenvalue weighted by Gasteiger charge is 2.20. The van der Waals surface area contributed by atoms with Crippen molar-refractivity contribution in [1.29, 1.82) is 0 Å². The van der Waals surface area contributed by atoms with Gasteiger partial charge in [-0.1, -0.05) is 0 Å². The highest BCUT2D eigenvalue weighted by atomic mass is 16.5. The average molecular weight is 198 g/mol. The lowest BCUT2D eigenvalue weighted by atomic mass is 10.0. The van der Waals surface area contributed by atoms with E-state index in [0.29, 0.717) is 6.04 Å². The third kappa shape index (κ3) is 2.94. The Hall–Kier alpha value is -0.120. The molecule has 0 amide bonds. The number of nitrogens with two attached hydrogens (primary N) is 1. The summed E-state index contributed by atoms with van der Waals surface area (Å²) in [7, 11) is 0. The van der Waals surface area contributed by atoms with Gasteiger partial charge in [0.15, 0.2) is 0 Å². The van der Waals surface area contributed by atoms with Crippen LogP contribution in [0.3, 0.4) is 0 Å². The van der Waals surface area contributed by atoms with Crippen LogP contribution in [0.5, 0.6) is 0 Å². The van der Waals surface area contributed by atoms with Crippen molar-refractivity contribution in [2.75, 3.05) is 32.8 Å². The summed E-state index contributed by atoms with van der Waals surface area (Å²) in [5.74, 6) is 0.840. The van der Waals surface area contributed by atoms with Crippen LogP contribution in [0.25, 0.3) is 0 Å². The molecule has 2 saturated heterocycles. The van der Waals surface area contributed by atoms with Crippen molar-refractivity contribution in [3.63, 3.8) is 0 Å². The van der Waals surface area contributed by atoms with Gasteiger partial charge in [0.05, 0.1) is 13.2 Å². The maximum absolute atomic E-state index is 5.94. The maximum atomic E-state index is 5.94. The Morgan fingerprint density at radius 2 is 2.07 bits per heavy atom. The Morgan fingerprint density at radius 3 is 2.79 bits per heavy atom. The van der Waals surface area contributed by atoms with Crippen LogP contribution in [0.1, 0.15) is 25.7 Å². The fourth-order valence-corrected chi connectivity index (χ4v) is 2.22. The predicted molar refractivity (Wildman–Crippen MR) is 57.2 cm³/mol. The summed E-state index contributed by atoms with van der Waals surface area (Å²) in [5.41, 5.74) is 5.94. The number of rotatable bonds is 3. The molecule has 82 valence electrons. The van der Waals surface area contributed by atoms with Crippen molar-refractivity contribution in [3.8, 4) is 0 Å². The van der Waals surface area contributed by atoms with Crippen molar-refractivity contribution >= 4 is 0 Å². The van der Waals surface area contributed by atoms with Gasteiger partial charge in [0, 0.05) is 12.0 Å². The molecule has 0 bridgehead atoms. The van der Waals surface area contributed by atoms with E-state index in [1.165, 1.54) is 45.3 Å². The number of hydrogen-bond acceptors (Lipinski definition) is 3. The van der Waals surface area contributed by atoms with E-state index >= 15 is 0 Å². The summed E-state index contributed by atoms with van der Waals surface area (Å²) in [5, 5.41) is 0. The zero-order valence-electron chi connectivity index (χ0n) is 8.95. The SMILES string of the molecule is NC1CCCN(CCC2COC2)CC1. The molecule has 0 aromatic heterocycles. The van der Waals surface area contributed by atoms with Crippen LogP contribution in [0.15, 0.2) is 0 Å². The minimum absolute atomic E-state index is 0.451. The van der Waals surface area contributed by atoms with Crippen LogP contribution >= 0.6 is 0 Å². The van der Waals surface area contributed by atoms with Gasteiger partial charge in [0.2, 0.25) is 0 Å². The summed E-state index contributed by atoms with van der Waals surface area (Å²) in [6.45, 7) is 5.69. The number of ether oxygens (including phenoxy) is 1. The van der Waals surface area contributed by atoms with Gasteiger partial charge in [0.1, 0.15) is 0 Å². The number of nitrogens with zero attached hydrogens (tertiary/aromatic N) is 1. The van der Waals surface area contributed by atoms with Gasteiger partial charge < -0.3 is 15.4 Å². The van der Waals surface area contributed by atoms with Gasteiger partial charge in [-0.2, -0.15) is 0 Å². The average Bonchev–Trinajstić information content (AvgIpc) is 2.28. The van der Waals surface area contributed by atoms with E-state index in [2.05, 4.69) is 4.90 Å². The molecule has 2 N–H and O–H groups in total. The number of hydrogen-bond donors (Lipinski definition) is 1. The third-order valence-corrected chi connectivity index (χ3v) is 3.43. The minimum atomic E-state index is 0.451. The minimum Gasteiger partial charge on any atom is -0.381 e. The van der Waals surface area contributed by atoms with Crippen LogP contribution in [0.4, 0.5) is 0 Å². The van der Waals surface area contributed by atoms with Gasteiger partial charge in [-0.25, -0.2) is 0 Å². The lowest BCUT2D eigenvalue weighted by Gasteiger charge is -2.29. The Kier molecular flexibility index (Phi) is 3.79. The largest absolute Gasteiger partial charge is 0.381 e. The van der Waals surface area contributed by atoms with E-state index in [-0.39, 0.29) is 0 Å². The Bertz CT molecular complexity index is 171. The topological polar surface area (TPSA) is 38.5 Å². The van der Waals surface area contributed by atoms with E-state index in [1.54, 1.807) is 0 Å². The van der Waals surface area contributed by atoms with E-state index in [1.807, 2.05) is 0 Å². The van der Waals surface area contributed by atoms with Crippen LogP contribution in [0, 0.1) is 5.92 Å². The molecule has 2 heterocycles. The van der Waals surface area contributed by atoms with Gasteiger partial charge in [-0.15, -0.1) is 0 Å². The second-order valence-corrected chi connectivity index (χ2v) is 4.72. The van der Waals surface area contributed by atoms with Crippen molar-refractivity contribution in [2.24, 2.45) is 11.7 Å². The van der Waals surface area contributed by atoms with Gasteiger partial charge in [0.25, 0.3) is 0 Å². The Labute approximate surface area is 86.6 Å². The second kappa shape index (κ2) is 5.10. The zero-order chi connectivity index (χ0) is 9.80. The fourth-order valence-electron chi connectivity index (χ4n) is 2.22. The summed E-state index contributed by atoms with van der Waals surface area (Å²) in [6, 6.07) is 0.451. The molecule has 2 rings (SSSR count). The molecule has 0 radical (unpaired) electrons.